The van der Waals surface area contributed by atoms with Crippen molar-refractivity contribution < 1.29 is 14.3 Å². The molecule has 6 nitrogen and oxygen atoms in total. The number of ether oxygens (including phenoxy) is 2. The Kier molecular flexibility index (Phi) is 5.39. The maximum Gasteiger partial charge on any atom is 0.426 e. The lowest BCUT2D eigenvalue weighted by Gasteiger charge is -2.22. The van der Waals surface area contributed by atoms with E-state index in [0.717, 1.165) is 12.0 Å². The van der Waals surface area contributed by atoms with Crippen LogP contribution in [-0.4, -0.2) is 40.9 Å². The minimum Gasteiger partial charge on any atom is -0.483 e. The zero-order valence-corrected chi connectivity index (χ0v) is 14.6. The van der Waals surface area contributed by atoms with Gasteiger partial charge >= 0.3 is 6.09 Å². The zero-order valence-electron chi connectivity index (χ0n) is 13.8. The molecule has 0 spiro atoms. The lowest BCUT2D eigenvalue weighted by molar-refractivity contribution is 0.131. The second-order valence-electron chi connectivity index (χ2n) is 5.99. The van der Waals surface area contributed by atoms with Crippen molar-refractivity contribution in [3.05, 3.63) is 23.8 Å². The number of benzene rings is 1. The van der Waals surface area contributed by atoms with Crippen LogP contribution in [0.5, 0.6) is 11.5 Å². The van der Waals surface area contributed by atoms with E-state index in [4.69, 9.17) is 14.7 Å². The molecule has 0 radical (unpaired) electrons. The standard InChI is InChI=1S/C16H21N3O3S/c1-16(2)11-12-7-5-8-13(14(12)22-16)21-15(20)19(4)23-18(3)10-6-9-17/h5,7-8H,6,10-11H2,1-4H3. The minimum atomic E-state index is -0.486. The van der Waals surface area contributed by atoms with Crippen LogP contribution in [-0.2, 0) is 6.42 Å². The average molecular weight is 335 g/mol. The van der Waals surface area contributed by atoms with Gasteiger partial charge in [-0.25, -0.2) is 13.4 Å². The molecule has 0 bridgehead atoms. The first-order chi connectivity index (χ1) is 10.8. The summed E-state index contributed by atoms with van der Waals surface area (Å²) in [6.45, 7) is 4.58. The number of carbonyl (C=O) groups excluding carboxylic acids is 1. The quantitative estimate of drug-likeness (QED) is 0.770. The third-order valence-corrected chi connectivity index (χ3v) is 4.17. The number of amides is 1. The van der Waals surface area contributed by atoms with Crippen molar-refractivity contribution in [1.29, 1.82) is 5.26 Å². The molecule has 1 aromatic carbocycles. The molecule has 0 aliphatic carbocycles. The van der Waals surface area contributed by atoms with Gasteiger partial charge < -0.3 is 9.47 Å². The number of hydrogen-bond acceptors (Lipinski definition) is 6. The summed E-state index contributed by atoms with van der Waals surface area (Å²) in [7, 11) is 3.45. The van der Waals surface area contributed by atoms with Crippen molar-refractivity contribution >= 4 is 18.2 Å². The van der Waals surface area contributed by atoms with E-state index in [1.807, 2.05) is 33.0 Å². The molecular formula is C16H21N3O3S. The smallest absolute Gasteiger partial charge is 0.426 e. The maximum absolute atomic E-state index is 12.2. The van der Waals surface area contributed by atoms with Crippen LogP contribution in [0.3, 0.4) is 0 Å². The highest BCUT2D eigenvalue weighted by atomic mass is 32.2. The summed E-state index contributed by atoms with van der Waals surface area (Å²) >= 11 is 1.20. The van der Waals surface area contributed by atoms with Gasteiger partial charge in [-0.15, -0.1) is 0 Å². The summed E-state index contributed by atoms with van der Waals surface area (Å²) in [5.41, 5.74) is 0.755. The second kappa shape index (κ2) is 7.11. The van der Waals surface area contributed by atoms with Crippen molar-refractivity contribution in [2.75, 3.05) is 20.6 Å². The number of para-hydroxylation sites is 1. The number of nitrogens with zero attached hydrogens (tertiary/aromatic N) is 3. The number of hydrogen-bond donors (Lipinski definition) is 0. The van der Waals surface area contributed by atoms with Gasteiger partial charge in [0.2, 0.25) is 0 Å². The summed E-state index contributed by atoms with van der Waals surface area (Å²) in [5.74, 6) is 1.08. The Hall–Kier alpha value is -1.91. The van der Waals surface area contributed by atoms with Gasteiger partial charge in [-0.3, -0.25) is 0 Å². The Bertz CT molecular complexity index is 627. The van der Waals surface area contributed by atoms with Gasteiger partial charge in [0.25, 0.3) is 0 Å². The first-order valence-corrected chi connectivity index (χ1v) is 8.08. The predicted molar refractivity (Wildman–Crippen MR) is 89.1 cm³/mol. The Morgan fingerprint density at radius 2 is 2.22 bits per heavy atom. The van der Waals surface area contributed by atoms with Crippen molar-refractivity contribution in [3.63, 3.8) is 0 Å². The number of rotatable bonds is 5. The molecule has 0 aromatic heterocycles. The van der Waals surface area contributed by atoms with Crippen molar-refractivity contribution in [2.45, 2.75) is 32.3 Å². The molecule has 1 aliphatic rings. The molecule has 23 heavy (non-hydrogen) atoms. The van der Waals surface area contributed by atoms with E-state index in [9.17, 15) is 4.79 Å². The summed E-state index contributed by atoms with van der Waals surface area (Å²) in [6, 6.07) is 7.64. The van der Waals surface area contributed by atoms with Gasteiger partial charge in [-0.05, 0) is 27.0 Å². The largest absolute Gasteiger partial charge is 0.483 e. The molecule has 0 fully saturated rings. The van der Waals surface area contributed by atoms with Gasteiger partial charge in [0.15, 0.2) is 11.5 Å². The van der Waals surface area contributed by atoms with Crippen LogP contribution in [0.25, 0.3) is 0 Å². The molecule has 1 amide bonds. The highest BCUT2D eigenvalue weighted by Gasteiger charge is 2.33. The summed E-state index contributed by atoms with van der Waals surface area (Å²) in [5, 5.41) is 8.58. The van der Waals surface area contributed by atoms with E-state index in [1.165, 1.54) is 16.4 Å². The first kappa shape index (κ1) is 17.4. The van der Waals surface area contributed by atoms with Crippen LogP contribution >= 0.6 is 12.1 Å². The lowest BCUT2D eigenvalue weighted by Crippen LogP contribution is -2.28. The van der Waals surface area contributed by atoms with Crippen LogP contribution in [0, 0.1) is 11.3 Å². The monoisotopic (exact) mass is 335 g/mol. The van der Waals surface area contributed by atoms with Gasteiger partial charge in [0.05, 0.1) is 6.07 Å². The molecular weight excluding hydrogens is 314 g/mol. The molecule has 124 valence electrons. The zero-order chi connectivity index (χ0) is 17.0. The number of fused-ring (bicyclic) bond motifs is 1. The van der Waals surface area contributed by atoms with Crippen LogP contribution in [0.1, 0.15) is 25.8 Å². The van der Waals surface area contributed by atoms with Crippen molar-refractivity contribution in [1.82, 2.24) is 8.61 Å². The first-order valence-electron chi connectivity index (χ1n) is 7.35. The second-order valence-corrected chi connectivity index (χ2v) is 7.32. The van der Waals surface area contributed by atoms with Crippen LogP contribution in [0.15, 0.2) is 18.2 Å². The third-order valence-electron chi connectivity index (χ3n) is 3.31. The minimum absolute atomic E-state index is 0.289. The highest BCUT2D eigenvalue weighted by molar-refractivity contribution is 7.95. The fourth-order valence-electron chi connectivity index (χ4n) is 2.32. The molecule has 1 aliphatic heterocycles. The number of nitriles is 1. The average Bonchev–Trinajstić information content (AvgIpc) is 2.80. The maximum atomic E-state index is 12.2. The van der Waals surface area contributed by atoms with Crippen LogP contribution in [0.4, 0.5) is 4.79 Å². The van der Waals surface area contributed by atoms with Crippen LogP contribution < -0.4 is 9.47 Å². The Balaban J connectivity index is 1.99. The SMILES string of the molecule is CN(CCC#N)SN(C)C(=O)Oc1cccc2c1OC(C)(C)C2. The summed E-state index contributed by atoms with van der Waals surface area (Å²) in [4.78, 5) is 12.2. The molecule has 0 N–H and O–H groups in total. The van der Waals surface area contributed by atoms with E-state index in [2.05, 4.69) is 6.07 Å². The van der Waals surface area contributed by atoms with Gasteiger partial charge in [-0.2, -0.15) is 5.26 Å². The topological polar surface area (TPSA) is 65.8 Å². The molecule has 0 unspecified atom stereocenters. The van der Waals surface area contributed by atoms with E-state index in [-0.39, 0.29) is 5.60 Å². The molecule has 1 heterocycles. The summed E-state index contributed by atoms with van der Waals surface area (Å²) in [6.07, 6.45) is 0.706. The predicted octanol–water partition coefficient (Wildman–Crippen LogP) is 3.24. The Morgan fingerprint density at radius 3 is 2.91 bits per heavy atom. The lowest BCUT2D eigenvalue weighted by atomic mass is 10.0. The van der Waals surface area contributed by atoms with E-state index >= 15 is 0 Å². The van der Waals surface area contributed by atoms with Crippen molar-refractivity contribution in [2.24, 2.45) is 0 Å². The normalized spacial score (nSPS) is 14.8. The third kappa shape index (κ3) is 4.53. The molecule has 0 saturated heterocycles. The fraction of sp³-hybridized carbons (Fsp3) is 0.500. The van der Waals surface area contributed by atoms with Gasteiger partial charge in [0, 0.05) is 44.1 Å². The number of carbonyl (C=O) groups is 1. The molecule has 0 saturated carbocycles. The Labute approximate surface area is 141 Å². The van der Waals surface area contributed by atoms with Crippen LogP contribution in [0.2, 0.25) is 0 Å². The van der Waals surface area contributed by atoms with E-state index in [1.54, 1.807) is 17.4 Å². The molecule has 7 heteroatoms. The molecule has 0 atom stereocenters. The van der Waals surface area contributed by atoms with E-state index in [0.29, 0.717) is 24.5 Å². The molecule has 2 rings (SSSR count). The van der Waals surface area contributed by atoms with Crippen molar-refractivity contribution in [3.8, 4) is 17.6 Å². The van der Waals surface area contributed by atoms with Gasteiger partial charge in [-0.1, -0.05) is 12.1 Å². The fourth-order valence-corrected chi connectivity index (χ4v) is 3.01. The highest BCUT2D eigenvalue weighted by Crippen LogP contribution is 2.42. The van der Waals surface area contributed by atoms with E-state index < -0.39 is 6.09 Å². The molecule has 1 aromatic rings. The Morgan fingerprint density at radius 1 is 1.48 bits per heavy atom. The van der Waals surface area contributed by atoms with Gasteiger partial charge in [0.1, 0.15) is 5.60 Å². The summed E-state index contributed by atoms with van der Waals surface area (Å²) < 4.78 is 14.5.